The van der Waals surface area contributed by atoms with Gasteiger partial charge < -0.3 is 66.9 Å². The van der Waals surface area contributed by atoms with Crippen LogP contribution < -0.4 is 79.5 Å². The van der Waals surface area contributed by atoms with Crippen LogP contribution in [0.3, 0.4) is 0 Å². The number of unbranched alkanes of at least 4 members (excludes halogenated alkanes) is 44. The van der Waals surface area contributed by atoms with Crippen molar-refractivity contribution >= 4 is 51.3 Å². The van der Waals surface area contributed by atoms with Crippen LogP contribution in [-0.4, -0.2) is 126 Å². The van der Waals surface area contributed by atoms with Crippen LogP contribution in [-0.2, 0) is 84.4 Å². The normalized spacial score (nSPS) is 13.5. The van der Waals surface area contributed by atoms with Gasteiger partial charge in [-0.2, -0.15) is 0 Å². The number of rotatable bonds is 86. The van der Waals surface area contributed by atoms with Crippen molar-refractivity contribution < 1.29 is 153 Å². The number of nitrogens with one attached hydrogen (secondary N) is 2. The second kappa shape index (κ2) is 85.4. The van der Waals surface area contributed by atoms with Crippen LogP contribution in [0.4, 0.5) is 0 Å². The molecule has 4 unspecified atom stereocenters. The molecular weight excluding hydrogens is 1480 g/mol. The number of phosphoric acid groups is 2. The fourth-order valence-electron chi connectivity index (χ4n) is 13.0. The minimum Gasteiger partial charge on any atom is -0.756 e. The molecule has 0 aromatic heterocycles. The Hall–Kier alpha value is -1.04. The summed E-state index contributed by atoms with van der Waals surface area (Å²) in [6.45, 7) is 10.1. The minimum atomic E-state index is -5.03. The van der Waals surface area contributed by atoms with E-state index in [1.54, 1.807) is 0 Å². The molecule has 0 saturated carbocycles. The van der Waals surface area contributed by atoms with Crippen LogP contribution >= 0.6 is 15.6 Å². The van der Waals surface area contributed by atoms with Gasteiger partial charge in [0.15, 0.2) is 0 Å². The van der Waals surface area contributed by atoms with E-state index in [-0.39, 0.29) is 136 Å². The van der Waals surface area contributed by atoms with Gasteiger partial charge >= 0.3 is 83.0 Å². The fraction of sp³-hybridized carbons (Fsp3) is 0.929. The summed E-state index contributed by atoms with van der Waals surface area (Å²) < 4.78 is 81.7. The molecular formula is C85H162N2Na2O20P2. The average molecular weight is 1640 g/mol. The third-order valence-corrected chi connectivity index (χ3v) is 21.6. The van der Waals surface area contributed by atoms with E-state index in [4.69, 9.17) is 46.5 Å². The molecule has 2 N–H and O–H groups in total. The van der Waals surface area contributed by atoms with Crippen LogP contribution in [0.2, 0.25) is 0 Å². The number of hydrogen-bond donors (Lipinski definition) is 2. The van der Waals surface area contributed by atoms with Crippen molar-refractivity contribution in [2.24, 2.45) is 0 Å². The van der Waals surface area contributed by atoms with Crippen molar-refractivity contribution in [1.82, 2.24) is 10.6 Å². The molecule has 644 valence electrons. The van der Waals surface area contributed by atoms with Gasteiger partial charge in [0, 0.05) is 51.6 Å². The van der Waals surface area contributed by atoms with Gasteiger partial charge in [-0.15, -0.1) is 0 Å². The molecule has 0 aliphatic heterocycles. The molecule has 2 amide bonds. The summed E-state index contributed by atoms with van der Waals surface area (Å²) in [7, 11) is -10.1. The SMILES string of the molecule is CCCCCCCCCCCCCC(=O)OC(COCC[C@@H](CCCCCCC)OC(=O)CCCCCCCCCCC)COP(=O)([O-])OCCNC(=O)CC(=O)NCCOP(=O)([O-])OCC(COCC[C@H](CCCCCCC)OC(=O)CCCCCCCCCCC)OC(=O)CCCCCCCCCCCCC.[Na+].[Na+]. The summed E-state index contributed by atoms with van der Waals surface area (Å²) in [5.41, 5.74) is 0. The van der Waals surface area contributed by atoms with Gasteiger partial charge in [0.1, 0.15) is 30.8 Å². The van der Waals surface area contributed by atoms with Gasteiger partial charge in [0.25, 0.3) is 15.6 Å². The van der Waals surface area contributed by atoms with Crippen molar-refractivity contribution in [2.45, 2.75) is 445 Å². The minimum absolute atomic E-state index is 0. The van der Waals surface area contributed by atoms with Crippen molar-refractivity contribution in [2.75, 3.05) is 65.9 Å². The van der Waals surface area contributed by atoms with Gasteiger partial charge in [0.05, 0.1) is 52.9 Å². The predicted molar refractivity (Wildman–Crippen MR) is 433 cm³/mol. The first-order valence-corrected chi connectivity index (χ1v) is 47.5. The molecule has 0 aliphatic carbocycles. The monoisotopic (exact) mass is 1640 g/mol. The van der Waals surface area contributed by atoms with E-state index < -0.39 is 84.5 Å². The quantitative estimate of drug-likeness (QED) is 0.0143. The second-order valence-corrected chi connectivity index (χ2v) is 33.2. The van der Waals surface area contributed by atoms with E-state index in [0.717, 1.165) is 154 Å². The Labute approximate surface area is 720 Å². The zero-order valence-corrected chi connectivity index (χ0v) is 77.9. The molecule has 0 heterocycles. The number of ether oxygens (including phenoxy) is 6. The van der Waals surface area contributed by atoms with Crippen LogP contribution in [0.25, 0.3) is 0 Å². The van der Waals surface area contributed by atoms with E-state index in [0.29, 0.717) is 51.4 Å². The van der Waals surface area contributed by atoms with Crippen LogP contribution in [0, 0.1) is 0 Å². The number of carbonyl (C=O) groups excluding carboxylic acids is 6. The molecule has 0 fully saturated rings. The summed E-state index contributed by atoms with van der Waals surface area (Å²) in [5, 5.41) is 4.80. The number of amides is 2. The summed E-state index contributed by atoms with van der Waals surface area (Å²) in [4.78, 5) is 104. The van der Waals surface area contributed by atoms with E-state index >= 15 is 0 Å². The van der Waals surface area contributed by atoms with Crippen molar-refractivity contribution in [3.63, 3.8) is 0 Å². The zero-order valence-electron chi connectivity index (χ0n) is 72.2. The van der Waals surface area contributed by atoms with Gasteiger partial charge in [-0.1, -0.05) is 324 Å². The molecule has 6 atom stereocenters. The third-order valence-electron chi connectivity index (χ3n) is 19.7. The maximum Gasteiger partial charge on any atom is 1.00 e. The van der Waals surface area contributed by atoms with Gasteiger partial charge in [-0.05, 0) is 51.4 Å². The molecule has 0 bridgehead atoms. The molecule has 0 saturated heterocycles. The Morgan fingerprint density at radius 3 is 0.730 bits per heavy atom. The first-order valence-electron chi connectivity index (χ1n) is 44.6. The number of phosphoric ester groups is 2. The van der Waals surface area contributed by atoms with E-state index in [2.05, 4.69) is 52.2 Å². The first kappa shape index (κ1) is 114. The molecule has 0 spiro atoms. The van der Waals surface area contributed by atoms with Crippen molar-refractivity contribution in [1.29, 1.82) is 0 Å². The van der Waals surface area contributed by atoms with E-state index in [1.807, 2.05) is 0 Å². The Morgan fingerprint density at radius 2 is 0.486 bits per heavy atom. The average Bonchev–Trinajstić information content (AvgIpc) is 0.922. The molecule has 111 heavy (non-hydrogen) atoms. The second-order valence-electron chi connectivity index (χ2n) is 30.3. The molecule has 0 rings (SSSR count). The first-order chi connectivity index (χ1) is 52.9. The summed E-state index contributed by atoms with van der Waals surface area (Å²) >= 11 is 0. The molecule has 0 aromatic rings. The van der Waals surface area contributed by atoms with E-state index in [9.17, 15) is 47.7 Å². The Morgan fingerprint density at radius 1 is 0.270 bits per heavy atom. The van der Waals surface area contributed by atoms with Crippen LogP contribution in [0.1, 0.15) is 420 Å². The number of esters is 4. The zero-order chi connectivity index (χ0) is 80.0. The molecule has 0 aliphatic rings. The topological polar surface area (TPSA) is 299 Å². The third kappa shape index (κ3) is 82.4. The van der Waals surface area contributed by atoms with Gasteiger partial charge in [0.2, 0.25) is 11.8 Å². The Bertz CT molecular complexity index is 2080. The molecule has 0 radical (unpaired) electrons. The Balaban J connectivity index is -0.0000583. The van der Waals surface area contributed by atoms with Crippen LogP contribution in [0.5, 0.6) is 0 Å². The smallest absolute Gasteiger partial charge is 0.756 e. The summed E-state index contributed by atoms with van der Waals surface area (Å²) in [6.07, 6.45) is 55.1. The maximum absolute atomic E-state index is 13.1. The molecule has 0 aromatic carbocycles. The standard InChI is InChI=1S/C85H164N2O20P2.2Na/c1-7-13-19-25-29-33-35-39-43-49-55-61-84(92)106-78(72-98-67-63-76(57-51-45-23-17-11-5)104-82(90)59-53-47-41-37-31-27-21-15-9-3)74-102-108(94,95)100-69-65-86-80(88)71-81(89)87-66-70-101-109(96,97)103-75-79(107-85(93)62-56-50-44-40-36-34-30-26-20-14-8-2)73-99-68-64-77(58-52-46-24-18-12-6)105-83(91)60-54-48-42-38-32-28-22-16-10-4;;/h76-79H,7-75H2,1-6H3,(H,86,88)(H,87,89)(H,94,95)(H,96,97);;/q;2*+1/p-2/t76-,77+,78?,79?;;. The molecule has 26 heteroatoms. The summed E-state index contributed by atoms with van der Waals surface area (Å²) in [5.74, 6) is -3.06. The Kier molecular flexibility index (Phi) is 87.8. The van der Waals surface area contributed by atoms with Gasteiger partial charge in [-0.25, -0.2) is 0 Å². The maximum atomic E-state index is 13.1. The van der Waals surface area contributed by atoms with Gasteiger partial charge in [-0.3, -0.25) is 37.9 Å². The van der Waals surface area contributed by atoms with Crippen molar-refractivity contribution in [3.8, 4) is 0 Å². The summed E-state index contributed by atoms with van der Waals surface area (Å²) in [6, 6.07) is 0. The largest absolute Gasteiger partial charge is 1.00 e. The van der Waals surface area contributed by atoms with E-state index in [1.165, 1.54) is 154 Å². The fourth-order valence-corrected chi connectivity index (χ4v) is 14.4. The number of hydrogen-bond acceptors (Lipinski definition) is 20. The predicted octanol–water partition coefficient (Wildman–Crippen LogP) is 15.0. The van der Waals surface area contributed by atoms with Crippen molar-refractivity contribution in [3.05, 3.63) is 0 Å². The molecule has 22 nitrogen and oxygen atoms in total. The van der Waals surface area contributed by atoms with Crippen LogP contribution in [0.15, 0.2) is 0 Å². The number of carbonyl (C=O) groups is 6.